The first-order chi connectivity index (χ1) is 15.1. The molecule has 0 spiro atoms. The highest BCUT2D eigenvalue weighted by Crippen LogP contribution is 2.19. The molecule has 7 nitrogen and oxygen atoms in total. The highest BCUT2D eigenvalue weighted by molar-refractivity contribution is 7.89. The zero-order chi connectivity index (χ0) is 23.5. The van der Waals surface area contributed by atoms with E-state index in [0.717, 1.165) is 35.2 Å². The molecule has 0 saturated heterocycles. The maximum Gasteiger partial charge on any atom is 0.341 e. The zero-order valence-electron chi connectivity index (χ0n) is 17.9. The van der Waals surface area contributed by atoms with Gasteiger partial charge in [0.15, 0.2) is 6.61 Å². The van der Waals surface area contributed by atoms with Crippen LogP contribution in [0.2, 0.25) is 0 Å². The van der Waals surface area contributed by atoms with Crippen molar-refractivity contribution in [1.29, 1.82) is 0 Å². The van der Waals surface area contributed by atoms with E-state index in [0.29, 0.717) is 12.1 Å². The van der Waals surface area contributed by atoms with Gasteiger partial charge in [-0.1, -0.05) is 30.3 Å². The molecule has 0 saturated carbocycles. The Balaban J connectivity index is 1.75. The number of aromatic nitrogens is 1. The third-order valence-electron chi connectivity index (χ3n) is 5.13. The van der Waals surface area contributed by atoms with Crippen molar-refractivity contribution in [2.24, 2.45) is 0 Å². The van der Waals surface area contributed by atoms with E-state index in [1.165, 1.54) is 7.05 Å². The van der Waals surface area contributed by atoms with E-state index in [1.54, 1.807) is 13.0 Å². The summed E-state index contributed by atoms with van der Waals surface area (Å²) in [5.74, 6) is -2.51. The van der Waals surface area contributed by atoms with Crippen LogP contribution < -0.4 is 4.72 Å². The Kier molecular flexibility index (Phi) is 6.90. The van der Waals surface area contributed by atoms with Gasteiger partial charge in [0.05, 0.1) is 10.5 Å². The van der Waals surface area contributed by atoms with Crippen molar-refractivity contribution >= 4 is 21.8 Å². The number of aryl methyl sites for hydroxylation is 1. The minimum Gasteiger partial charge on any atom is -0.454 e. The van der Waals surface area contributed by atoms with Crippen LogP contribution in [0.15, 0.2) is 59.5 Å². The SMILES string of the molecule is CNS(=O)(=O)c1ccc(F)c(C(=O)OCC(=O)c2cc(C)n(Cc3ccccc3)c2C)c1. The Morgan fingerprint density at radius 2 is 1.72 bits per heavy atom. The average Bonchev–Trinajstić information content (AvgIpc) is 3.06. The second-order valence-electron chi connectivity index (χ2n) is 7.21. The van der Waals surface area contributed by atoms with Gasteiger partial charge in [0.25, 0.3) is 0 Å². The minimum atomic E-state index is -3.87. The lowest BCUT2D eigenvalue weighted by molar-refractivity contribution is 0.0469. The van der Waals surface area contributed by atoms with Gasteiger partial charge in [0.1, 0.15) is 5.82 Å². The Morgan fingerprint density at radius 1 is 1.03 bits per heavy atom. The molecule has 1 N–H and O–H groups in total. The summed E-state index contributed by atoms with van der Waals surface area (Å²) in [4.78, 5) is 24.7. The number of hydrogen-bond acceptors (Lipinski definition) is 5. The summed E-state index contributed by atoms with van der Waals surface area (Å²) in [5, 5.41) is 0. The lowest BCUT2D eigenvalue weighted by Gasteiger charge is -2.10. The van der Waals surface area contributed by atoms with E-state index in [1.807, 2.05) is 41.8 Å². The van der Waals surface area contributed by atoms with Crippen molar-refractivity contribution < 1.29 is 27.1 Å². The number of sulfonamides is 1. The van der Waals surface area contributed by atoms with Gasteiger partial charge in [-0.2, -0.15) is 0 Å². The van der Waals surface area contributed by atoms with Crippen LogP contribution in [-0.4, -0.2) is 38.4 Å². The summed E-state index contributed by atoms with van der Waals surface area (Å²) in [7, 11) is -2.67. The number of carbonyl (C=O) groups excluding carboxylic acids is 2. The number of nitrogens with zero attached hydrogens (tertiary/aromatic N) is 1. The summed E-state index contributed by atoms with van der Waals surface area (Å²) >= 11 is 0. The second kappa shape index (κ2) is 9.46. The van der Waals surface area contributed by atoms with Crippen LogP contribution in [0.1, 0.15) is 37.7 Å². The van der Waals surface area contributed by atoms with Crippen LogP contribution >= 0.6 is 0 Å². The van der Waals surface area contributed by atoms with E-state index >= 15 is 0 Å². The largest absolute Gasteiger partial charge is 0.454 e. The number of halogens is 1. The smallest absolute Gasteiger partial charge is 0.341 e. The molecule has 1 aromatic heterocycles. The number of nitrogens with one attached hydrogen (secondary N) is 1. The molecule has 2 aromatic carbocycles. The van der Waals surface area contributed by atoms with Crippen molar-refractivity contribution in [3.8, 4) is 0 Å². The third-order valence-corrected chi connectivity index (χ3v) is 6.54. The van der Waals surface area contributed by atoms with Gasteiger partial charge in [-0.3, -0.25) is 4.79 Å². The molecule has 0 bridgehead atoms. The molecule has 1 heterocycles. The normalized spacial score (nSPS) is 11.4. The molecule has 0 aliphatic rings. The standard InChI is InChI=1S/C23H23FN2O5S/c1-15-11-19(16(2)26(15)13-17-7-5-4-6-8-17)22(27)14-31-23(28)20-12-18(9-10-21(20)24)32(29,30)25-3/h4-12,25H,13-14H2,1-3H3. The third kappa shape index (κ3) is 4.95. The van der Waals surface area contributed by atoms with Gasteiger partial charge in [-0.15, -0.1) is 0 Å². The summed E-state index contributed by atoms with van der Waals surface area (Å²) in [6, 6.07) is 14.3. The lowest BCUT2D eigenvalue weighted by atomic mass is 10.1. The van der Waals surface area contributed by atoms with Gasteiger partial charge < -0.3 is 9.30 Å². The van der Waals surface area contributed by atoms with Gasteiger partial charge in [0, 0.05) is 23.5 Å². The van der Waals surface area contributed by atoms with Gasteiger partial charge in [0.2, 0.25) is 15.8 Å². The fourth-order valence-electron chi connectivity index (χ4n) is 3.33. The van der Waals surface area contributed by atoms with Crippen molar-refractivity contribution in [2.75, 3.05) is 13.7 Å². The maximum atomic E-state index is 14.1. The lowest BCUT2D eigenvalue weighted by Crippen LogP contribution is -2.20. The fraction of sp³-hybridized carbons (Fsp3) is 0.217. The first-order valence-corrected chi connectivity index (χ1v) is 11.3. The van der Waals surface area contributed by atoms with E-state index in [9.17, 15) is 22.4 Å². The van der Waals surface area contributed by atoms with Crippen molar-refractivity contribution in [3.63, 3.8) is 0 Å². The van der Waals surface area contributed by atoms with Crippen molar-refractivity contribution in [2.45, 2.75) is 25.3 Å². The molecule has 0 aliphatic carbocycles. The Hall–Kier alpha value is -3.30. The van der Waals surface area contributed by atoms with Gasteiger partial charge >= 0.3 is 5.97 Å². The fourth-order valence-corrected chi connectivity index (χ4v) is 4.08. The molecule has 0 atom stereocenters. The summed E-state index contributed by atoms with van der Waals surface area (Å²) in [6.07, 6.45) is 0. The number of hydrogen-bond donors (Lipinski definition) is 1. The number of carbonyl (C=O) groups is 2. The molecule has 0 unspecified atom stereocenters. The highest BCUT2D eigenvalue weighted by atomic mass is 32.2. The van der Waals surface area contributed by atoms with Crippen LogP contribution in [0.4, 0.5) is 4.39 Å². The van der Waals surface area contributed by atoms with Crippen LogP contribution in [0.5, 0.6) is 0 Å². The van der Waals surface area contributed by atoms with Crippen molar-refractivity contribution in [1.82, 2.24) is 9.29 Å². The van der Waals surface area contributed by atoms with E-state index in [-0.39, 0.29) is 4.90 Å². The molecule has 0 amide bonds. The molecule has 168 valence electrons. The van der Waals surface area contributed by atoms with Crippen LogP contribution in [0, 0.1) is 19.7 Å². The topological polar surface area (TPSA) is 94.5 Å². The Morgan fingerprint density at radius 3 is 2.38 bits per heavy atom. The number of ether oxygens (including phenoxy) is 1. The quantitative estimate of drug-likeness (QED) is 0.413. The predicted octanol–water partition coefficient (Wildman–Crippen LogP) is 3.24. The maximum absolute atomic E-state index is 14.1. The molecular formula is C23H23FN2O5S. The predicted molar refractivity (Wildman–Crippen MR) is 117 cm³/mol. The van der Waals surface area contributed by atoms with Crippen LogP contribution in [0.25, 0.3) is 0 Å². The van der Waals surface area contributed by atoms with Crippen LogP contribution in [-0.2, 0) is 21.3 Å². The molecule has 0 fully saturated rings. The molecule has 0 aliphatic heterocycles. The number of rotatable bonds is 8. The van der Waals surface area contributed by atoms with Gasteiger partial charge in [-0.05, 0) is 50.7 Å². The molecule has 3 rings (SSSR count). The van der Waals surface area contributed by atoms with E-state index in [4.69, 9.17) is 4.74 Å². The molecule has 32 heavy (non-hydrogen) atoms. The highest BCUT2D eigenvalue weighted by Gasteiger charge is 2.22. The molecule has 9 heteroatoms. The van der Waals surface area contributed by atoms with Crippen molar-refractivity contribution in [3.05, 3.63) is 88.5 Å². The minimum absolute atomic E-state index is 0.288. The number of ketones is 1. The monoisotopic (exact) mass is 458 g/mol. The molecular weight excluding hydrogens is 435 g/mol. The summed E-state index contributed by atoms with van der Waals surface area (Å²) in [5.41, 5.74) is 2.51. The second-order valence-corrected chi connectivity index (χ2v) is 9.09. The average molecular weight is 459 g/mol. The zero-order valence-corrected chi connectivity index (χ0v) is 18.7. The first-order valence-electron chi connectivity index (χ1n) is 9.78. The Bertz CT molecular complexity index is 1270. The first kappa shape index (κ1) is 23.4. The Labute approximate surface area is 185 Å². The van der Waals surface area contributed by atoms with Crippen LogP contribution in [0.3, 0.4) is 0 Å². The van der Waals surface area contributed by atoms with E-state index < -0.39 is 39.8 Å². The van der Waals surface area contributed by atoms with Gasteiger partial charge in [-0.25, -0.2) is 22.3 Å². The molecule has 3 aromatic rings. The summed E-state index contributed by atoms with van der Waals surface area (Å²) in [6.45, 7) is 3.67. The number of benzene rings is 2. The number of esters is 1. The van der Waals surface area contributed by atoms with E-state index in [2.05, 4.69) is 4.72 Å². The summed E-state index contributed by atoms with van der Waals surface area (Å²) < 4.78 is 46.9. The number of Topliss-reactive ketones (excluding diaryl/α,β-unsaturated/α-hetero) is 1. The molecule has 0 radical (unpaired) electrons.